The number of carbonyl (C=O) groups is 1. The lowest BCUT2D eigenvalue weighted by Crippen LogP contribution is -2.15. The molecule has 0 bridgehead atoms. The highest BCUT2D eigenvalue weighted by Crippen LogP contribution is 2.31. The molecule has 1 aliphatic heterocycles. The van der Waals surface area contributed by atoms with Crippen molar-refractivity contribution in [2.45, 2.75) is 45.6 Å². The van der Waals surface area contributed by atoms with Crippen LogP contribution in [-0.2, 0) is 9.53 Å². The van der Waals surface area contributed by atoms with E-state index in [1.165, 1.54) is 24.0 Å². The summed E-state index contributed by atoms with van der Waals surface area (Å²) in [6.45, 7) is 3.98. The van der Waals surface area contributed by atoms with Gasteiger partial charge in [0.05, 0.1) is 0 Å². The van der Waals surface area contributed by atoms with Crippen LogP contribution in [-0.4, -0.2) is 12.1 Å². The van der Waals surface area contributed by atoms with Crippen LogP contribution in [0.25, 0.3) is 0 Å². The first-order valence-electron chi connectivity index (χ1n) is 5.26. The molecule has 2 heteroatoms. The van der Waals surface area contributed by atoms with Gasteiger partial charge in [0.15, 0.2) is 0 Å². The number of carbonyl (C=O) groups excluding carboxylic acids is 1. The molecule has 0 spiro atoms. The molecule has 0 fully saturated rings. The maximum Gasteiger partial charge on any atom is 0.334 e. The maximum atomic E-state index is 11.2. The predicted molar refractivity (Wildman–Crippen MR) is 54.8 cm³/mol. The molecule has 0 radical (unpaired) electrons. The molecule has 0 saturated carbocycles. The van der Waals surface area contributed by atoms with Crippen LogP contribution in [0.1, 0.15) is 39.5 Å². The summed E-state index contributed by atoms with van der Waals surface area (Å²) in [4.78, 5) is 11.2. The summed E-state index contributed by atoms with van der Waals surface area (Å²) in [7, 11) is 0. The van der Waals surface area contributed by atoms with E-state index in [4.69, 9.17) is 4.74 Å². The predicted octanol–water partition coefficient (Wildman–Crippen LogP) is 2.75. The Morgan fingerprint density at radius 1 is 1.29 bits per heavy atom. The van der Waals surface area contributed by atoms with Crippen LogP contribution in [0, 0.1) is 0 Å². The van der Waals surface area contributed by atoms with Gasteiger partial charge in [-0.2, -0.15) is 0 Å². The van der Waals surface area contributed by atoms with E-state index >= 15 is 0 Å². The molecule has 0 N–H and O–H groups in total. The number of hydrogen-bond acceptors (Lipinski definition) is 2. The fraction of sp³-hybridized carbons (Fsp3) is 0.583. The Bertz CT molecular complexity index is 323. The number of allylic oxidation sites excluding steroid dienone is 1. The highest BCUT2D eigenvalue weighted by Gasteiger charge is 2.27. The van der Waals surface area contributed by atoms with E-state index < -0.39 is 0 Å². The van der Waals surface area contributed by atoms with Crippen molar-refractivity contribution in [3.05, 3.63) is 22.8 Å². The fourth-order valence-electron chi connectivity index (χ4n) is 2.17. The topological polar surface area (TPSA) is 26.3 Å². The summed E-state index contributed by atoms with van der Waals surface area (Å²) >= 11 is 0. The number of ether oxygens (including phenoxy) is 1. The average molecular weight is 192 g/mol. The van der Waals surface area contributed by atoms with Crippen molar-refractivity contribution >= 4 is 5.97 Å². The lowest BCUT2D eigenvalue weighted by atomic mass is 9.89. The van der Waals surface area contributed by atoms with Crippen molar-refractivity contribution < 1.29 is 9.53 Å². The van der Waals surface area contributed by atoms with E-state index in [1.54, 1.807) is 0 Å². The quantitative estimate of drug-likeness (QED) is 0.471. The second-order valence-corrected chi connectivity index (χ2v) is 4.19. The van der Waals surface area contributed by atoms with Crippen molar-refractivity contribution in [1.82, 2.24) is 0 Å². The van der Waals surface area contributed by atoms with Gasteiger partial charge in [0.1, 0.15) is 6.10 Å². The zero-order valence-corrected chi connectivity index (χ0v) is 8.80. The number of cyclic esters (lactones) is 1. The number of esters is 1. The molecular formula is C12H16O2. The van der Waals surface area contributed by atoms with Gasteiger partial charge in [-0.15, -0.1) is 0 Å². The van der Waals surface area contributed by atoms with Crippen molar-refractivity contribution in [2.75, 3.05) is 0 Å². The van der Waals surface area contributed by atoms with Crippen LogP contribution in [0.3, 0.4) is 0 Å². The number of hydrogen-bond donors (Lipinski definition) is 0. The third-order valence-corrected chi connectivity index (χ3v) is 3.10. The highest BCUT2D eigenvalue weighted by molar-refractivity contribution is 5.90. The van der Waals surface area contributed by atoms with E-state index in [0.717, 1.165) is 18.4 Å². The molecule has 2 nitrogen and oxygen atoms in total. The summed E-state index contributed by atoms with van der Waals surface area (Å²) in [5, 5.41) is 0. The summed E-state index contributed by atoms with van der Waals surface area (Å²) in [6.07, 6.45) is 6.66. The third kappa shape index (κ3) is 1.61. The Balaban J connectivity index is 2.20. The Hall–Kier alpha value is -1.05. The summed E-state index contributed by atoms with van der Waals surface area (Å²) < 4.78 is 5.29. The van der Waals surface area contributed by atoms with Crippen LogP contribution >= 0.6 is 0 Å². The van der Waals surface area contributed by atoms with Gasteiger partial charge in [-0.1, -0.05) is 5.57 Å². The zero-order valence-electron chi connectivity index (χ0n) is 8.80. The first kappa shape index (κ1) is 9.50. The zero-order chi connectivity index (χ0) is 10.1. The molecule has 1 aliphatic carbocycles. The Kier molecular flexibility index (Phi) is 2.44. The standard InChI is InChI=1S/C12H16O2/c1-8-5-3-4-6-10(8)11-7-9(2)12(13)14-11/h7,11H,3-6H2,1-2H3/t11-/m1/s1. The first-order valence-corrected chi connectivity index (χ1v) is 5.26. The first-order chi connectivity index (χ1) is 6.68. The largest absolute Gasteiger partial charge is 0.450 e. The highest BCUT2D eigenvalue weighted by atomic mass is 16.5. The van der Waals surface area contributed by atoms with E-state index in [1.807, 2.05) is 13.0 Å². The Morgan fingerprint density at radius 3 is 2.57 bits per heavy atom. The minimum Gasteiger partial charge on any atom is -0.450 e. The average Bonchev–Trinajstić information content (AvgIpc) is 2.48. The minimum atomic E-state index is -0.152. The molecule has 1 atom stereocenters. The van der Waals surface area contributed by atoms with E-state index in [-0.39, 0.29) is 12.1 Å². The fourth-order valence-corrected chi connectivity index (χ4v) is 2.17. The normalized spacial score (nSPS) is 27.7. The Morgan fingerprint density at radius 2 is 2.00 bits per heavy atom. The van der Waals surface area contributed by atoms with Gasteiger partial charge in [0.2, 0.25) is 0 Å². The smallest absolute Gasteiger partial charge is 0.334 e. The van der Waals surface area contributed by atoms with E-state index in [0.29, 0.717) is 0 Å². The van der Waals surface area contributed by atoms with Gasteiger partial charge in [0, 0.05) is 5.57 Å². The van der Waals surface area contributed by atoms with Crippen LogP contribution < -0.4 is 0 Å². The van der Waals surface area contributed by atoms with E-state index in [9.17, 15) is 4.79 Å². The minimum absolute atomic E-state index is 0.0530. The SMILES string of the molecule is CC1=C[C@H](C2=C(C)CCCC2)OC1=O. The van der Waals surface area contributed by atoms with Gasteiger partial charge < -0.3 is 4.74 Å². The molecule has 2 aliphatic rings. The second kappa shape index (κ2) is 3.60. The van der Waals surface area contributed by atoms with Crippen molar-refractivity contribution in [3.63, 3.8) is 0 Å². The van der Waals surface area contributed by atoms with Crippen molar-refractivity contribution in [1.29, 1.82) is 0 Å². The van der Waals surface area contributed by atoms with Gasteiger partial charge in [-0.3, -0.25) is 0 Å². The third-order valence-electron chi connectivity index (χ3n) is 3.10. The van der Waals surface area contributed by atoms with Crippen LogP contribution in [0.4, 0.5) is 0 Å². The summed E-state index contributed by atoms with van der Waals surface area (Å²) in [6, 6.07) is 0. The lowest BCUT2D eigenvalue weighted by molar-refractivity contribution is -0.138. The van der Waals surface area contributed by atoms with Gasteiger partial charge in [-0.05, 0) is 51.2 Å². The van der Waals surface area contributed by atoms with Crippen LogP contribution in [0.2, 0.25) is 0 Å². The maximum absolute atomic E-state index is 11.2. The molecule has 0 aromatic heterocycles. The molecule has 0 aromatic carbocycles. The molecule has 0 aromatic rings. The van der Waals surface area contributed by atoms with E-state index in [2.05, 4.69) is 6.92 Å². The van der Waals surface area contributed by atoms with Crippen molar-refractivity contribution in [3.8, 4) is 0 Å². The second-order valence-electron chi connectivity index (χ2n) is 4.19. The molecule has 14 heavy (non-hydrogen) atoms. The molecule has 1 heterocycles. The lowest BCUT2D eigenvalue weighted by Gasteiger charge is -2.21. The van der Waals surface area contributed by atoms with Gasteiger partial charge >= 0.3 is 5.97 Å². The van der Waals surface area contributed by atoms with Crippen molar-refractivity contribution in [2.24, 2.45) is 0 Å². The number of rotatable bonds is 1. The molecule has 0 unspecified atom stereocenters. The van der Waals surface area contributed by atoms with Crippen LogP contribution in [0.5, 0.6) is 0 Å². The molecule has 2 rings (SSSR count). The summed E-state index contributed by atoms with van der Waals surface area (Å²) in [5.41, 5.74) is 3.50. The molecular weight excluding hydrogens is 176 g/mol. The van der Waals surface area contributed by atoms with Gasteiger partial charge in [0.25, 0.3) is 0 Å². The molecule has 0 amide bonds. The monoisotopic (exact) mass is 192 g/mol. The van der Waals surface area contributed by atoms with Gasteiger partial charge in [-0.25, -0.2) is 4.79 Å². The molecule has 76 valence electrons. The van der Waals surface area contributed by atoms with Crippen LogP contribution in [0.15, 0.2) is 22.8 Å². The molecule has 0 saturated heterocycles. The summed E-state index contributed by atoms with van der Waals surface area (Å²) in [5.74, 6) is -0.152. The Labute approximate surface area is 84.6 Å².